The standard InChI is InChI=1S/C20H32O4/c1-7-16(11-10-12-24-15(5)21)18-13-17(8-2)19(22-6)14(4)20(18)23-9-3/h13,16H,7-12H2,1-6H3. The summed E-state index contributed by atoms with van der Waals surface area (Å²) in [5.41, 5.74) is 3.54. The smallest absolute Gasteiger partial charge is 0.302 e. The van der Waals surface area contributed by atoms with Crippen LogP contribution in [0.15, 0.2) is 6.07 Å². The van der Waals surface area contributed by atoms with E-state index in [2.05, 4.69) is 26.8 Å². The maximum atomic E-state index is 10.9. The van der Waals surface area contributed by atoms with E-state index >= 15 is 0 Å². The topological polar surface area (TPSA) is 44.8 Å². The second kappa shape index (κ2) is 10.2. The van der Waals surface area contributed by atoms with E-state index in [9.17, 15) is 4.79 Å². The Hall–Kier alpha value is -1.71. The Bertz CT molecular complexity index is 537. The highest BCUT2D eigenvalue weighted by Crippen LogP contribution is 2.41. The zero-order chi connectivity index (χ0) is 18.1. The van der Waals surface area contributed by atoms with Gasteiger partial charge < -0.3 is 14.2 Å². The molecule has 1 aromatic rings. The van der Waals surface area contributed by atoms with Crippen molar-refractivity contribution in [2.75, 3.05) is 20.3 Å². The van der Waals surface area contributed by atoms with E-state index in [1.54, 1.807) is 7.11 Å². The summed E-state index contributed by atoms with van der Waals surface area (Å²) in [6, 6.07) is 2.23. The third-order valence-corrected chi connectivity index (χ3v) is 4.37. The largest absolute Gasteiger partial charge is 0.496 e. The summed E-state index contributed by atoms with van der Waals surface area (Å²) >= 11 is 0. The average Bonchev–Trinajstić information content (AvgIpc) is 2.56. The SMILES string of the molecule is CCOc1c(C(CC)CCCOC(C)=O)cc(CC)c(OC)c1C. The van der Waals surface area contributed by atoms with Crippen LogP contribution in [0, 0.1) is 6.92 Å². The first-order chi connectivity index (χ1) is 11.5. The van der Waals surface area contributed by atoms with Crippen molar-refractivity contribution in [1.82, 2.24) is 0 Å². The molecule has 0 saturated carbocycles. The highest BCUT2D eigenvalue weighted by Gasteiger charge is 2.21. The normalized spacial score (nSPS) is 11.9. The fourth-order valence-corrected chi connectivity index (χ4v) is 3.19. The van der Waals surface area contributed by atoms with E-state index in [-0.39, 0.29) is 5.97 Å². The molecule has 0 amide bonds. The van der Waals surface area contributed by atoms with Crippen LogP contribution in [0.4, 0.5) is 0 Å². The second-order valence-corrected chi connectivity index (χ2v) is 5.99. The van der Waals surface area contributed by atoms with Gasteiger partial charge in [-0.1, -0.05) is 13.8 Å². The van der Waals surface area contributed by atoms with Gasteiger partial charge in [0.15, 0.2) is 0 Å². The number of methoxy groups -OCH3 is 1. The van der Waals surface area contributed by atoms with E-state index < -0.39 is 0 Å². The lowest BCUT2D eigenvalue weighted by Gasteiger charge is -2.24. The van der Waals surface area contributed by atoms with Gasteiger partial charge in [0.05, 0.1) is 20.3 Å². The molecule has 0 saturated heterocycles. The summed E-state index contributed by atoms with van der Waals surface area (Å²) in [7, 11) is 1.72. The first-order valence-electron chi connectivity index (χ1n) is 8.96. The summed E-state index contributed by atoms with van der Waals surface area (Å²) in [6.07, 6.45) is 3.78. The molecule has 1 rings (SSSR count). The van der Waals surface area contributed by atoms with Gasteiger partial charge in [-0.25, -0.2) is 0 Å². The van der Waals surface area contributed by atoms with Gasteiger partial charge in [-0.2, -0.15) is 0 Å². The minimum absolute atomic E-state index is 0.216. The van der Waals surface area contributed by atoms with Crippen molar-refractivity contribution in [1.29, 1.82) is 0 Å². The number of benzene rings is 1. The Kier molecular flexibility index (Phi) is 8.66. The fraction of sp³-hybridized carbons (Fsp3) is 0.650. The van der Waals surface area contributed by atoms with Crippen LogP contribution in [0.1, 0.15) is 69.6 Å². The van der Waals surface area contributed by atoms with Gasteiger partial charge >= 0.3 is 5.97 Å². The molecule has 0 aliphatic heterocycles. The van der Waals surface area contributed by atoms with Gasteiger partial charge in [0.25, 0.3) is 0 Å². The Morgan fingerprint density at radius 2 is 1.92 bits per heavy atom. The van der Waals surface area contributed by atoms with Crippen LogP contribution < -0.4 is 9.47 Å². The molecule has 0 fully saturated rings. The summed E-state index contributed by atoms with van der Waals surface area (Å²) in [4.78, 5) is 10.9. The number of carbonyl (C=O) groups is 1. The first-order valence-corrected chi connectivity index (χ1v) is 8.96. The minimum Gasteiger partial charge on any atom is -0.496 e. The average molecular weight is 336 g/mol. The van der Waals surface area contributed by atoms with E-state index in [1.165, 1.54) is 18.1 Å². The molecule has 136 valence electrons. The molecule has 0 aliphatic rings. The lowest BCUT2D eigenvalue weighted by Crippen LogP contribution is -2.09. The number of hydrogen-bond donors (Lipinski definition) is 0. The van der Waals surface area contributed by atoms with Crippen molar-refractivity contribution >= 4 is 5.97 Å². The van der Waals surface area contributed by atoms with Crippen LogP contribution in [0.2, 0.25) is 0 Å². The number of esters is 1. The Morgan fingerprint density at radius 1 is 1.21 bits per heavy atom. The number of hydrogen-bond acceptors (Lipinski definition) is 4. The van der Waals surface area contributed by atoms with Crippen molar-refractivity contribution < 1.29 is 19.0 Å². The molecule has 0 spiro atoms. The maximum absolute atomic E-state index is 10.9. The molecule has 4 heteroatoms. The molecule has 1 unspecified atom stereocenters. The highest BCUT2D eigenvalue weighted by atomic mass is 16.5. The fourth-order valence-electron chi connectivity index (χ4n) is 3.19. The summed E-state index contributed by atoms with van der Waals surface area (Å²) in [6.45, 7) is 11.0. The molecule has 0 aromatic heterocycles. The van der Waals surface area contributed by atoms with E-state index in [0.717, 1.165) is 42.7 Å². The molecule has 0 N–H and O–H groups in total. The number of carbonyl (C=O) groups excluding carboxylic acids is 1. The van der Waals surface area contributed by atoms with Gasteiger partial charge in [-0.3, -0.25) is 4.79 Å². The maximum Gasteiger partial charge on any atom is 0.302 e. The molecule has 1 aromatic carbocycles. The lowest BCUT2D eigenvalue weighted by molar-refractivity contribution is -0.141. The molecule has 1 atom stereocenters. The van der Waals surface area contributed by atoms with Crippen molar-refractivity contribution in [3.05, 3.63) is 22.8 Å². The molecule has 0 bridgehead atoms. The summed E-state index contributed by atoms with van der Waals surface area (Å²) in [5, 5.41) is 0. The Balaban J connectivity index is 3.12. The van der Waals surface area contributed by atoms with Crippen molar-refractivity contribution in [2.45, 2.75) is 66.2 Å². The molecule has 0 radical (unpaired) electrons. The van der Waals surface area contributed by atoms with Crippen LogP contribution >= 0.6 is 0 Å². The first kappa shape index (κ1) is 20.3. The number of rotatable bonds is 10. The van der Waals surface area contributed by atoms with Crippen molar-refractivity contribution in [3.63, 3.8) is 0 Å². The monoisotopic (exact) mass is 336 g/mol. The number of ether oxygens (including phenoxy) is 3. The lowest BCUT2D eigenvalue weighted by atomic mass is 9.87. The third-order valence-electron chi connectivity index (χ3n) is 4.37. The quantitative estimate of drug-likeness (QED) is 0.455. The highest BCUT2D eigenvalue weighted by molar-refractivity contribution is 5.65. The number of aryl methyl sites for hydroxylation is 1. The molecule has 4 nitrogen and oxygen atoms in total. The van der Waals surface area contributed by atoms with Crippen LogP contribution in [0.25, 0.3) is 0 Å². The van der Waals surface area contributed by atoms with Crippen LogP contribution in [0.3, 0.4) is 0 Å². The predicted molar refractivity (Wildman–Crippen MR) is 97.2 cm³/mol. The van der Waals surface area contributed by atoms with Crippen molar-refractivity contribution in [3.8, 4) is 11.5 Å². The van der Waals surface area contributed by atoms with Crippen LogP contribution in [-0.2, 0) is 16.0 Å². The minimum atomic E-state index is -0.216. The van der Waals surface area contributed by atoms with E-state index in [4.69, 9.17) is 14.2 Å². The molecule has 0 aliphatic carbocycles. The Morgan fingerprint density at radius 3 is 2.42 bits per heavy atom. The van der Waals surface area contributed by atoms with Gasteiger partial charge in [-0.15, -0.1) is 0 Å². The van der Waals surface area contributed by atoms with E-state index in [0.29, 0.717) is 19.1 Å². The summed E-state index contributed by atoms with van der Waals surface area (Å²) in [5.74, 6) is 2.05. The Labute approximate surface area is 146 Å². The zero-order valence-corrected chi connectivity index (χ0v) is 16.0. The predicted octanol–water partition coefficient (Wildman–Crippen LogP) is 4.80. The van der Waals surface area contributed by atoms with Gasteiger partial charge in [-0.05, 0) is 62.6 Å². The van der Waals surface area contributed by atoms with Gasteiger partial charge in [0.2, 0.25) is 0 Å². The van der Waals surface area contributed by atoms with Crippen LogP contribution in [-0.4, -0.2) is 26.3 Å². The molecule has 0 heterocycles. The molecule has 24 heavy (non-hydrogen) atoms. The van der Waals surface area contributed by atoms with Crippen molar-refractivity contribution in [2.24, 2.45) is 0 Å². The molecular formula is C20H32O4. The second-order valence-electron chi connectivity index (χ2n) is 5.99. The van der Waals surface area contributed by atoms with Crippen LogP contribution in [0.5, 0.6) is 11.5 Å². The summed E-state index contributed by atoms with van der Waals surface area (Å²) < 4.78 is 16.6. The van der Waals surface area contributed by atoms with Gasteiger partial charge in [0, 0.05) is 12.5 Å². The third kappa shape index (κ3) is 5.15. The van der Waals surface area contributed by atoms with E-state index in [1.807, 2.05) is 6.92 Å². The molecular weight excluding hydrogens is 304 g/mol. The zero-order valence-electron chi connectivity index (χ0n) is 16.0. The van der Waals surface area contributed by atoms with Gasteiger partial charge in [0.1, 0.15) is 11.5 Å².